The average molecular weight is 540 g/mol. The van der Waals surface area contributed by atoms with E-state index in [1.165, 1.54) is 89.9 Å². The van der Waals surface area contributed by atoms with Crippen molar-refractivity contribution < 1.29 is 28.4 Å². The highest BCUT2D eigenvalue weighted by Crippen LogP contribution is 2.36. The number of hydrogen-bond donors (Lipinski definition) is 2. The maximum atomic E-state index is 12.8. The molecule has 0 bridgehead atoms. The number of carbonyl (C=O) groups excluding carboxylic acids is 1. The summed E-state index contributed by atoms with van der Waals surface area (Å²) in [4.78, 5) is 32.6. The Balaban J connectivity index is 1.49. The molecule has 1 atom stereocenters. The van der Waals surface area contributed by atoms with Gasteiger partial charge in [-0.2, -0.15) is 0 Å². The topological polar surface area (TPSA) is 96.3 Å². The molecular formula is C29H50NO6P. The number of fused-ring (bicyclic) bond motifs is 1. The lowest BCUT2D eigenvalue weighted by atomic mass is 10.0. The van der Waals surface area contributed by atoms with E-state index in [1.54, 1.807) is 11.0 Å². The summed E-state index contributed by atoms with van der Waals surface area (Å²) in [5, 5.41) is 0. The third kappa shape index (κ3) is 13.9. The summed E-state index contributed by atoms with van der Waals surface area (Å²) in [6, 6.07) is 6.81. The van der Waals surface area contributed by atoms with Crippen LogP contribution in [0.3, 0.4) is 0 Å². The normalized spacial score (nSPS) is 14.4. The quantitative estimate of drug-likeness (QED) is 0.111. The molecule has 1 unspecified atom stereocenters. The predicted molar refractivity (Wildman–Crippen MR) is 148 cm³/mol. The van der Waals surface area contributed by atoms with Gasteiger partial charge in [-0.25, -0.2) is 4.57 Å². The largest absolute Gasteiger partial charge is 0.469 e. The van der Waals surface area contributed by atoms with Gasteiger partial charge >= 0.3 is 7.82 Å². The average Bonchev–Trinajstić information content (AvgIpc) is 3.20. The van der Waals surface area contributed by atoms with Crippen LogP contribution in [0.5, 0.6) is 0 Å². The number of unbranched alkanes of at least 4 members (excludes halogenated alkanes) is 15. The fourth-order valence-corrected chi connectivity index (χ4v) is 5.32. The molecule has 0 saturated heterocycles. The summed E-state index contributed by atoms with van der Waals surface area (Å²) in [7, 11) is -4.63. The third-order valence-corrected chi connectivity index (χ3v) is 7.66. The van der Waals surface area contributed by atoms with Crippen molar-refractivity contribution in [3.63, 3.8) is 0 Å². The van der Waals surface area contributed by atoms with E-state index in [9.17, 15) is 9.36 Å². The second-order valence-electron chi connectivity index (χ2n) is 10.4. The van der Waals surface area contributed by atoms with Crippen molar-refractivity contribution in [1.82, 2.24) is 4.90 Å². The van der Waals surface area contributed by atoms with Gasteiger partial charge in [-0.1, -0.05) is 121 Å². The molecule has 0 aromatic heterocycles. The third-order valence-electron chi connectivity index (χ3n) is 7.18. The lowest BCUT2D eigenvalue weighted by Crippen LogP contribution is -2.42. The summed E-state index contributed by atoms with van der Waals surface area (Å²) in [6.07, 6.45) is 21.0. The molecule has 7 nitrogen and oxygen atoms in total. The highest BCUT2D eigenvalue weighted by atomic mass is 31.2. The van der Waals surface area contributed by atoms with E-state index < -0.39 is 13.9 Å². The van der Waals surface area contributed by atoms with Crippen LogP contribution >= 0.6 is 7.82 Å². The van der Waals surface area contributed by atoms with Crippen LogP contribution in [0, 0.1) is 0 Å². The van der Waals surface area contributed by atoms with Crippen LogP contribution in [-0.2, 0) is 20.4 Å². The van der Waals surface area contributed by atoms with Crippen molar-refractivity contribution in [2.24, 2.45) is 0 Å². The van der Waals surface area contributed by atoms with Crippen LogP contribution < -0.4 is 0 Å². The van der Waals surface area contributed by atoms with Crippen molar-refractivity contribution in [3.8, 4) is 0 Å². The Morgan fingerprint density at radius 2 is 1.32 bits per heavy atom. The number of ether oxygens (including phenoxy) is 1. The number of hydrogen-bond acceptors (Lipinski definition) is 4. The summed E-state index contributed by atoms with van der Waals surface area (Å²) < 4.78 is 21.8. The standard InChI is InChI=1S/C29H50NO6P/c1-2-3-4-5-6-7-8-9-10-11-12-13-14-15-16-19-22-35-24-27(25-36-37(32,33)34)30-23-26-20-17-18-21-28(26)29(30)31/h17-18,20-21,27H,2-16,19,22-25H2,1H3,(H2,32,33,34). The van der Waals surface area contributed by atoms with Crippen LogP contribution in [0.1, 0.15) is 126 Å². The minimum absolute atomic E-state index is 0.152. The van der Waals surface area contributed by atoms with Crippen LogP contribution in [0.2, 0.25) is 0 Å². The molecule has 0 fully saturated rings. The number of nitrogens with zero attached hydrogens (tertiary/aromatic N) is 1. The summed E-state index contributed by atoms with van der Waals surface area (Å²) in [5.74, 6) is -0.152. The molecule has 0 spiro atoms. The van der Waals surface area contributed by atoms with E-state index >= 15 is 0 Å². The second-order valence-corrected chi connectivity index (χ2v) is 11.6. The number of phosphoric ester groups is 1. The van der Waals surface area contributed by atoms with Crippen molar-refractivity contribution in [2.45, 2.75) is 122 Å². The van der Waals surface area contributed by atoms with Crippen molar-refractivity contribution >= 4 is 13.7 Å². The van der Waals surface area contributed by atoms with Crippen molar-refractivity contribution in [2.75, 3.05) is 19.8 Å². The minimum atomic E-state index is -4.63. The van der Waals surface area contributed by atoms with Gasteiger partial charge in [0.1, 0.15) is 0 Å². The SMILES string of the molecule is CCCCCCCCCCCCCCCCCCOCC(COP(=O)(O)O)N1Cc2ccccc2C1=O. The molecule has 1 aromatic rings. The lowest BCUT2D eigenvalue weighted by Gasteiger charge is -2.27. The summed E-state index contributed by atoms with van der Waals surface area (Å²) in [6.45, 7) is 3.16. The van der Waals surface area contributed by atoms with E-state index in [1.807, 2.05) is 18.2 Å². The Morgan fingerprint density at radius 3 is 1.84 bits per heavy atom. The van der Waals surface area contributed by atoms with Gasteiger partial charge in [-0.3, -0.25) is 9.32 Å². The molecular weight excluding hydrogens is 489 g/mol. The zero-order chi connectivity index (χ0) is 26.8. The molecule has 2 rings (SSSR count). The predicted octanol–water partition coefficient (Wildman–Crippen LogP) is 7.40. The molecule has 212 valence electrons. The number of rotatable bonds is 23. The molecule has 37 heavy (non-hydrogen) atoms. The van der Waals surface area contributed by atoms with Gasteiger partial charge in [0, 0.05) is 18.7 Å². The fourth-order valence-electron chi connectivity index (χ4n) is 4.95. The smallest absolute Gasteiger partial charge is 0.379 e. The lowest BCUT2D eigenvalue weighted by molar-refractivity contribution is 0.0252. The first-order valence-corrected chi connectivity index (χ1v) is 16.1. The van der Waals surface area contributed by atoms with E-state index in [0.29, 0.717) is 18.7 Å². The van der Waals surface area contributed by atoms with Crippen molar-refractivity contribution in [1.29, 1.82) is 0 Å². The van der Waals surface area contributed by atoms with Gasteiger partial charge in [0.25, 0.3) is 5.91 Å². The first-order chi connectivity index (χ1) is 17.9. The minimum Gasteiger partial charge on any atom is -0.379 e. The van der Waals surface area contributed by atoms with Gasteiger partial charge in [-0.05, 0) is 18.1 Å². The molecule has 2 N–H and O–H groups in total. The zero-order valence-electron chi connectivity index (χ0n) is 23.0. The molecule has 1 aliphatic heterocycles. The molecule has 1 aromatic carbocycles. The Kier molecular flexibility index (Phi) is 16.3. The molecule has 0 aliphatic carbocycles. The van der Waals surface area contributed by atoms with Crippen LogP contribution in [0.25, 0.3) is 0 Å². The Morgan fingerprint density at radius 1 is 0.811 bits per heavy atom. The Bertz CT molecular complexity index is 798. The second kappa shape index (κ2) is 18.9. The highest BCUT2D eigenvalue weighted by molar-refractivity contribution is 7.46. The van der Waals surface area contributed by atoms with Gasteiger partial charge in [0.15, 0.2) is 0 Å². The maximum absolute atomic E-state index is 12.8. The summed E-state index contributed by atoms with van der Waals surface area (Å²) in [5.41, 5.74) is 1.54. The van der Waals surface area contributed by atoms with Gasteiger partial charge in [0.2, 0.25) is 0 Å². The molecule has 0 saturated carbocycles. The Labute approximate surface area is 224 Å². The molecule has 0 radical (unpaired) electrons. The molecule has 8 heteroatoms. The number of amides is 1. The number of benzene rings is 1. The van der Waals surface area contributed by atoms with E-state index in [4.69, 9.17) is 19.0 Å². The van der Waals surface area contributed by atoms with Gasteiger partial charge in [0.05, 0.1) is 19.3 Å². The van der Waals surface area contributed by atoms with Crippen molar-refractivity contribution in [3.05, 3.63) is 35.4 Å². The first-order valence-electron chi connectivity index (χ1n) is 14.6. The zero-order valence-corrected chi connectivity index (χ0v) is 23.8. The van der Waals surface area contributed by atoms with Gasteiger partial charge in [-0.15, -0.1) is 0 Å². The molecule has 1 amide bonds. The van der Waals surface area contributed by atoms with E-state index in [0.717, 1.165) is 18.4 Å². The van der Waals surface area contributed by atoms with E-state index in [2.05, 4.69) is 6.92 Å². The first kappa shape index (κ1) is 32.0. The number of phosphoric acid groups is 1. The molecule has 1 heterocycles. The highest BCUT2D eigenvalue weighted by Gasteiger charge is 2.34. The summed E-state index contributed by atoms with van der Waals surface area (Å²) >= 11 is 0. The fraction of sp³-hybridized carbons (Fsp3) is 0.759. The van der Waals surface area contributed by atoms with E-state index in [-0.39, 0.29) is 19.1 Å². The van der Waals surface area contributed by atoms with Crippen LogP contribution in [0.4, 0.5) is 0 Å². The maximum Gasteiger partial charge on any atom is 0.469 e. The van der Waals surface area contributed by atoms with Crippen LogP contribution in [-0.4, -0.2) is 46.5 Å². The van der Waals surface area contributed by atoms with Gasteiger partial charge < -0.3 is 19.4 Å². The number of carbonyl (C=O) groups is 1. The monoisotopic (exact) mass is 539 g/mol. The molecule has 1 aliphatic rings. The Hall–Kier alpha value is -1.24. The van der Waals surface area contributed by atoms with Crippen LogP contribution in [0.15, 0.2) is 24.3 Å².